The maximum atomic E-state index is 10.7. The Balaban J connectivity index is 3.23. The van der Waals surface area contributed by atoms with E-state index in [1.807, 2.05) is 0 Å². The van der Waals surface area contributed by atoms with Crippen molar-refractivity contribution in [2.24, 2.45) is 0 Å². The molecule has 0 amide bonds. The van der Waals surface area contributed by atoms with Gasteiger partial charge in [-0.25, -0.2) is 14.4 Å². The zero-order valence-corrected chi connectivity index (χ0v) is 7.95. The second kappa shape index (κ2) is 4.39. The van der Waals surface area contributed by atoms with Gasteiger partial charge in [0.2, 0.25) is 6.54 Å². The summed E-state index contributed by atoms with van der Waals surface area (Å²) in [5, 5.41) is 25.9. The fourth-order valence-corrected chi connectivity index (χ4v) is 1.12. The highest BCUT2D eigenvalue weighted by Gasteiger charge is 2.18. The number of aromatic nitrogens is 1. The average molecular weight is 226 g/mol. The highest BCUT2D eigenvalue weighted by Crippen LogP contribution is 2.01. The van der Waals surface area contributed by atoms with Gasteiger partial charge >= 0.3 is 17.9 Å². The summed E-state index contributed by atoms with van der Waals surface area (Å²) in [6.07, 6.45) is 2.12. The van der Waals surface area contributed by atoms with Crippen LogP contribution >= 0.6 is 0 Å². The van der Waals surface area contributed by atoms with Gasteiger partial charge in [0, 0.05) is 0 Å². The monoisotopic (exact) mass is 226 g/mol. The Morgan fingerprint density at radius 2 is 1.44 bits per heavy atom. The molecule has 0 aliphatic carbocycles. The molecule has 0 atom stereocenters. The molecule has 7 nitrogen and oxygen atoms in total. The fraction of sp³-hybridized carbons (Fsp3) is 0.111. The molecular weight excluding hydrogens is 218 g/mol. The van der Waals surface area contributed by atoms with Gasteiger partial charge in [0.1, 0.15) is 11.1 Å². The highest BCUT2D eigenvalue weighted by atomic mass is 16.4. The Kier molecular flexibility index (Phi) is 3.19. The third-order valence-electron chi connectivity index (χ3n) is 1.73. The number of carbonyl (C=O) groups is 3. The number of nitrogens with zero attached hydrogens (tertiary/aromatic N) is 1. The first kappa shape index (κ1) is 11.6. The van der Waals surface area contributed by atoms with Crippen molar-refractivity contribution in [1.82, 2.24) is 0 Å². The van der Waals surface area contributed by atoms with Crippen molar-refractivity contribution in [3.05, 3.63) is 29.6 Å². The van der Waals surface area contributed by atoms with Crippen molar-refractivity contribution in [2.75, 3.05) is 0 Å². The van der Waals surface area contributed by atoms with Gasteiger partial charge in [-0.15, -0.1) is 0 Å². The lowest BCUT2D eigenvalue weighted by atomic mass is 10.2. The summed E-state index contributed by atoms with van der Waals surface area (Å²) in [7, 11) is 0. The minimum Gasteiger partial charge on any atom is -0.477 e. The maximum absolute atomic E-state index is 10.7. The van der Waals surface area contributed by atoms with E-state index in [4.69, 9.17) is 15.3 Å². The number of carboxylic acids is 3. The quantitative estimate of drug-likeness (QED) is 0.593. The van der Waals surface area contributed by atoms with Crippen LogP contribution in [0.2, 0.25) is 0 Å². The van der Waals surface area contributed by atoms with Crippen LogP contribution in [-0.2, 0) is 11.3 Å². The lowest BCUT2D eigenvalue weighted by Crippen LogP contribution is -2.39. The largest absolute Gasteiger partial charge is 0.477 e. The van der Waals surface area contributed by atoms with E-state index in [9.17, 15) is 14.4 Å². The highest BCUT2D eigenvalue weighted by molar-refractivity contribution is 5.92. The Labute approximate surface area is 89.2 Å². The van der Waals surface area contributed by atoms with Gasteiger partial charge < -0.3 is 15.3 Å². The minimum atomic E-state index is -1.32. The first-order valence-corrected chi connectivity index (χ1v) is 4.12. The van der Waals surface area contributed by atoms with Crippen LogP contribution in [0.4, 0.5) is 0 Å². The van der Waals surface area contributed by atoms with Gasteiger partial charge in [-0.3, -0.25) is 0 Å². The molecule has 7 heteroatoms. The minimum absolute atomic E-state index is 0.277. The third kappa shape index (κ3) is 2.77. The zero-order chi connectivity index (χ0) is 12.3. The first-order valence-electron chi connectivity index (χ1n) is 4.12. The van der Waals surface area contributed by atoms with Crippen LogP contribution in [0.5, 0.6) is 0 Å². The number of aliphatic carboxylic acids is 1. The van der Waals surface area contributed by atoms with Crippen LogP contribution < -0.4 is 4.57 Å². The molecule has 1 rings (SSSR count). The van der Waals surface area contributed by atoms with E-state index in [0.717, 1.165) is 23.0 Å². The molecule has 0 saturated heterocycles. The Hall–Kier alpha value is -2.44. The second-order valence-corrected chi connectivity index (χ2v) is 2.99. The molecule has 16 heavy (non-hydrogen) atoms. The topological polar surface area (TPSA) is 116 Å². The summed E-state index contributed by atoms with van der Waals surface area (Å²) in [6.45, 7) is -0.499. The number of hydrogen-bond donors (Lipinski definition) is 3. The van der Waals surface area contributed by atoms with Crippen molar-refractivity contribution in [3.8, 4) is 0 Å². The van der Waals surface area contributed by atoms with E-state index < -0.39 is 24.5 Å². The molecule has 0 saturated carbocycles. The van der Waals surface area contributed by atoms with E-state index in [2.05, 4.69) is 0 Å². The molecule has 1 aromatic rings. The number of hydrogen-bond acceptors (Lipinski definition) is 3. The lowest BCUT2D eigenvalue weighted by Gasteiger charge is -1.98. The maximum Gasteiger partial charge on any atom is 0.370 e. The van der Waals surface area contributed by atoms with E-state index >= 15 is 0 Å². The first-order chi connectivity index (χ1) is 7.40. The van der Waals surface area contributed by atoms with Gasteiger partial charge in [-0.1, -0.05) is 0 Å². The van der Waals surface area contributed by atoms with Crippen molar-refractivity contribution < 1.29 is 34.3 Å². The third-order valence-corrected chi connectivity index (χ3v) is 1.73. The number of aromatic carboxylic acids is 2. The molecule has 0 fully saturated rings. The molecule has 1 heterocycles. The van der Waals surface area contributed by atoms with Crippen LogP contribution in [0.1, 0.15) is 20.7 Å². The average Bonchev–Trinajstić information content (AvgIpc) is 2.15. The Morgan fingerprint density at radius 3 is 1.75 bits per heavy atom. The zero-order valence-electron chi connectivity index (χ0n) is 7.95. The standard InChI is InChI=1S/C9H7NO6/c11-7(12)4-10-2-5(8(13)14)1-6(3-10)9(15)16/h1-3H,4H2,(H2-,11,12,13,14,15,16)/p+1. The predicted octanol–water partition coefficient (Wildman–Crippen LogP) is -0.545. The molecule has 84 valence electrons. The molecule has 3 N–H and O–H groups in total. The van der Waals surface area contributed by atoms with Crippen molar-refractivity contribution in [1.29, 1.82) is 0 Å². The number of pyridine rings is 1. The summed E-state index contributed by atoms with van der Waals surface area (Å²) >= 11 is 0. The van der Waals surface area contributed by atoms with Gasteiger partial charge in [-0.2, -0.15) is 4.57 Å². The molecular formula is C9H8NO6+. The van der Waals surface area contributed by atoms with Crippen LogP contribution in [0, 0.1) is 0 Å². The lowest BCUT2D eigenvalue weighted by molar-refractivity contribution is -0.686. The number of rotatable bonds is 4. The fourth-order valence-electron chi connectivity index (χ4n) is 1.12. The number of carboxylic acid groups (broad SMARTS) is 3. The summed E-state index contributed by atoms with van der Waals surface area (Å²) < 4.78 is 0.995. The van der Waals surface area contributed by atoms with E-state index in [0.29, 0.717) is 0 Å². The molecule has 0 bridgehead atoms. The summed E-state index contributed by atoms with van der Waals surface area (Å²) in [6, 6.07) is 0.961. The predicted molar refractivity (Wildman–Crippen MR) is 48.2 cm³/mol. The molecule has 0 aliphatic heterocycles. The van der Waals surface area contributed by atoms with Gasteiger partial charge in [0.25, 0.3) is 0 Å². The van der Waals surface area contributed by atoms with Gasteiger partial charge in [0.15, 0.2) is 12.4 Å². The molecule has 0 aromatic carbocycles. The van der Waals surface area contributed by atoms with Gasteiger partial charge in [0.05, 0.1) is 0 Å². The van der Waals surface area contributed by atoms with E-state index in [-0.39, 0.29) is 11.1 Å². The van der Waals surface area contributed by atoms with Crippen molar-refractivity contribution in [3.63, 3.8) is 0 Å². The SMILES string of the molecule is O=C(O)C[n+]1cc(C(=O)O)cc(C(=O)O)c1. The molecule has 0 unspecified atom stereocenters. The van der Waals surface area contributed by atoms with Crippen LogP contribution in [0.25, 0.3) is 0 Å². The summed E-state index contributed by atoms with van der Waals surface area (Å²) in [4.78, 5) is 31.7. The van der Waals surface area contributed by atoms with Crippen LogP contribution in [0.3, 0.4) is 0 Å². The van der Waals surface area contributed by atoms with Crippen LogP contribution in [-0.4, -0.2) is 33.2 Å². The molecule has 1 aromatic heterocycles. The van der Waals surface area contributed by atoms with E-state index in [1.165, 1.54) is 0 Å². The Bertz CT molecular complexity index is 435. The molecule has 0 radical (unpaired) electrons. The summed E-state index contributed by atoms with van der Waals surface area (Å²) in [5.41, 5.74) is -0.553. The molecule has 0 spiro atoms. The molecule has 0 aliphatic rings. The van der Waals surface area contributed by atoms with Crippen molar-refractivity contribution in [2.45, 2.75) is 6.54 Å². The van der Waals surface area contributed by atoms with Gasteiger partial charge in [-0.05, 0) is 6.07 Å². The smallest absolute Gasteiger partial charge is 0.370 e. The Morgan fingerprint density at radius 1 is 1.00 bits per heavy atom. The van der Waals surface area contributed by atoms with Crippen molar-refractivity contribution >= 4 is 17.9 Å². The normalized spacial score (nSPS) is 9.75. The summed E-state index contributed by atoms with van der Waals surface area (Å²) in [5.74, 6) is -3.83. The van der Waals surface area contributed by atoms with Crippen LogP contribution in [0.15, 0.2) is 18.5 Å². The second-order valence-electron chi connectivity index (χ2n) is 2.99. The van der Waals surface area contributed by atoms with E-state index in [1.54, 1.807) is 0 Å².